The number of hydrogen-bond donors (Lipinski definition) is 1. The molecule has 1 N–H and O–H groups in total. The lowest BCUT2D eigenvalue weighted by molar-refractivity contribution is -0.0733. The van der Waals surface area contributed by atoms with Crippen molar-refractivity contribution >= 4 is 22.7 Å². The van der Waals surface area contributed by atoms with Crippen LogP contribution in [0.25, 0.3) is 16.6 Å². The molecule has 1 heterocycles. The molecule has 0 spiro atoms. The van der Waals surface area contributed by atoms with Gasteiger partial charge >= 0.3 is 0 Å². The molecule has 3 aromatic carbocycles. The normalized spacial score (nSPS) is 13.8. The number of halogens is 2. The highest BCUT2D eigenvalue weighted by Crippen LogP contribution is 2.41. The summed E-state index contributed by atoms with van der Waals surface area (Å²) in [4.78, 5) is 0.616. The summed E-state index contributed by atoms with van der Waals surface area (Å²) < 4.78 is 30.1. The number of aliphatic hydroxyl groups is 1. The standard InChI is InChI=1S/C22H18F2N2OS/c1-28-20-10-6-5-9-18(20)22(27,21(23)24)16-11-12-19-15(13-16)14-25-26(19)17-7-3-2-4-8-17/h2-14,21,27H,1H3. The summed E-state index contributed by atoms with van der Waals surface area (Å²) in [7, 11) is 0. The number of thioether (sulfide) groups is 1. The first-order valence-corrected chi connectivity index (χ1v) is 9.96. The van der Waals surface area contributed by atoms with Crippen LogP contribution in [0.2, 0.25) is 0 Å². The van der Waals surface area contributed by atoms with E-state index in [1.54, 1.807) is 59.6 Å². The van der Waals surface area contributed by atoms with E-state index in [0.717, 1.165) is 11.2 Å². The molecule has 1 atom stereocenters. The van der Waals surface area contributed by atoms with Crippen molar-refractivity contribution in [2.75, 3.05) is 6.26 Å². The van der Waals surface area contributed by atoms with Gasteiger partial charge in [0.05, 0.1) is 17.4 Å². The second-order valence-corrected chi connectivity index (χ2v) is 7.28. The fourth-order valence-corrected chi connectivity index (χ4v) is 4.06. The Balaban J connectivity index is 1.87. The minimum Gasteiger partial charge on any atom is -0.375 e. The lowest BCUT2D eigenvalue weighted by Crippen LogP contribution is -2.36. The lowest BCUT2D eigenvalue weighted by atomic mass is 9.86. The molecule has 6 heteroatoms. The van der Waals surface area contributed by atoms with Gasteiger partial charge in [-0.1, -0.05) is 42.5 Å². The molecular formula is C22H18F2N2OS. The highest BCUT2D eigenvalue weighted by Gasteiger charge is 2.43. The number of para-hydroxylation sites is 1. The average Bonchev–Trinajstić information content (AvgIpc) is 3.17. The van der Waals surface area contributed by atoms with Crippen LogP contribution >= 0.6 is 11.8 Å². The van der Waals surface area contributed by atoms with Crippen LogP contribution < -0.4 is 0 Å². The van der Waals surface area contributed by atoms with Gasteiger partial charge in [0.1, 0.15) is 0 Å². The summed E-state index contributed by atoms with van der Waals surface area (Å²) in [6.07, 6.45) is 0.443. The van der Waals surface area contributed by atoms with Crippen molar-refractivity contribution in [3.8, 4) is 5.69 Å². The minimum atomic E-state index is -2.98. The van der Waals surface area contributed by atoms with Gasteiger partial charge in [0, 0.05) is 15.8 Å². The number of rotatable bonds is 5. The van der Waals surface area contributed by atoms with Crippen molar-refractivity contribution in [3.05, 3.63) is 90.1 Å². The van der Waals surface area contributed by atoms with Crippen LogP contribution in [0.1, 0.15) is 11.1 Å². The molecule has 0 aliphatic carbocycles. The maximum absolute atomic E-state index is 14.2. The third-order valence-corrected chi connectivity index (χ3v) is 5.64. The predicted octanol–water partition coefficient (Wildman–Crippen LogP) is 5.25. The molecule has 1 aromatic heterocycles. The van der Waals surface area contributed by atoms with Gasteiger partial charge in [-0.2, -0.15) is 5.10 Å². The third-order valence-electron chi connectivity index (χ3n) is 4.84. The third kappa shape index (κ3) is 2.99. The molecule has 1 unspecified atom stereocenters. The number of aromatic nitrogens is 2. The van der Waals surface area contributed by atoms with E-state index in [4.69, 9.17) is 0 Å². The minimum absolute atomic E-state index is 0.143. The average molecular weight is 396 g/mol. The molecule has 0 bridgehead atoms. The largest absolute Gasteiger partial charge is 0.375 e. The lowest BCUT2D eigenvalue weighted by Gasteiger charge is -2.30. The Hall–Kier alpha value is -2.70. The summed E-state index contributed by atoms with van der Waals surface area (Å²) in [6.45, 7) is 0. The Morgan fingerprint density at radius 1 is 1.00 bits per heavy atom. The SMILES string of the molecule is CSc1ccccc1C(O)(c1ccc2c(cnn2-c2ccccc2)c1)C(F)F. The van der Waals surface area contributed by atoms with Crippen LogP contribution in [0.4, 0.5) is 8.78 Å². The molecule has 0 amide bonds. The summed E-state index contributed by atoms with van der Waals surface area (Å²) in [6, 6.07) is 21.2. The zero-order chi connectivity index (χ0) is 19.7. The molecule has 4 rings (SSSR count). The maximum atomic E-state index is 14.2. The van der Waals surface area contributed by atoms with Crippen LogP contribution in [0.5, 0.6) is 0 Å². The molecule has 3 nitrogen and oxygen atoms in total. The quantitative estimate of drug-likeness (QED) is 0.468. The Morgan fingerprint density at radius 2 is 1.71 bits per heavy atom. The molecule has 0 fully saturated rings. The number of benzene rings is 3. The van der Waals surface area contributed by atoms with Gasteiger partial charge in [-0.25, -0.2) is 13.5 Å². The number of hydrogen-bond acceptors (Lipinski definition) is 3. The molecule has 0 aliphatic rings. The molecule has 142 valence electrons. The second-order valence-electron chi connectivity index (χ2n) is 6.43. The monoisotopic (exact) mass is 396 g/mol. The topological polar surface area (TPSA) is 38.1 Å². The van der Waals surface area contributed by atoms with E-state index in [1.807, 2.05) is 30.3 Å². The Bertz CT molecular complexity index is 1110. The van der Waals surface area contributed by atoms with E-state index >= 15 is 0 Å². The van der Waals surface area contributed by atoms with E-state index < -0.39 is 12.0 Å². The van der Waals surface area contributed by atoms with Crippen molar-refractivity contribution < 1.29 is 13.9 Å². The molecular weight excluding hydrogens is 378 g/mol. The molecule has 0 aliphatic heterocycles. The van der Waals surface area contributed by atoms with E-state index in [9.17, 15) is 13.9 Å². The first-order valence-electron chi connectivity index (χ1n) is 8.73. The van der Waals surface area contributed by atoms with Crippen LogP contribution in [0, 0.1) is 0 Å². The van der Waals surface area contributed by atoms with Crippen LogP contribution in [0.3, 0.4) is 0 Å². The first-order chi connectivity index (χ1) is 13.6. The first kappa shape index (κ1) is 18.7. The van der Waals surface area contributed by atoms with E-state index in [2.05, 4.69) is 5.10 Å². The highest BCUT2D eigenvalue weighted by molar-refractivity contribution is 7.98. The van der Waals surface area contributed by atoms with Crippen LogP contribution in [-0.4, -0.2) is 27.6 Å². The molecule has 0 radical (unpaired) electrons. The number of nitrogens with zero attached hydrogens (tertiary/aromatic N) is 2. The number of fused-ring (bicyclic) bond motifs is 1. The van der Waals surface area contributed by atoms with Crippen LogP contribution in [-0.2, 0) is 5.60 Å². The van der Waals surface area contributed by atoms with Gasteiger partial charge in [0.25, 0.3) is 6.43 Å². The maximum Gasteiger partial charge on any atom is 0.275 e. The fourth-order valence-electron chi connectivity index (χ4n) is 3.40. The van der Waals surface area contributed by atoms with Gasteiger partial charge in [0.15, 0.2) is 5.60 Å². The van der Waals surface area contributed by atoms with Crippen molar-refractivity contribution in [2.45, 2.75) is 16.9 Å². The van der Waals surface area contributed by atoms with Gasteiger partial charge in [-0.15, -0.1) is 11.8 Å². The van der Waals surface area contributed by atoms with Crippen molar-refractivity contribution in [3.63, 3.8) is 0 Å². The van der Waals surface area contributed by atoms with Gasteiger partial charge in [-0.3, -0.25) is 0 Å². The van der Waals surface area contributed by atoms with Gasteiger partial charge in [-0.05, 0) is 42.2 Å². The zero-order valence-corrected chi connectivity index (χ0v) is 15.9. The molecule has 0 saturated carbocycles. The Labute approximate surface area is 165 Å². The summed E-state index contributed by atoms with van der Waals surface area (Å²) >= 11 is 1.33. The zero-order valence-electron chi connectivity index (χ0n) is 15.1. The van der Waals surface area contributed by atoms with Gasteiger partial charge in [0.2, 0.25) is 0 Å². The Kier molecular flexibility index (Phi) is 4.91. The highest BCUT2D eigenvalue weighted by atomic mass is 32.2. The molecule has 28 heavy (non-hydrogen) atoms. The van der Waals surface area contributed by atoms with Crippen molar-refractivity contribution in [2.24, 2.45) is 0 Å². The van der Waals surface area contributed by atoms with Gasteiger partial charge < -0.3 is 5.11 Å². The Morgan fingerprint density at radius 3 is 2.43 bits per heavy atom. The smallest absolute Gasteiger partial charge is 0.275 e. The summed E-state index contributed by atoms with van der Waals surface area (Å²) in [5.41, 5.74) is -0.397. The summed E-state index contributed by atoms with van der Waals surface area (Å²) in [5, 5.41) is 16.2. The van der Waals surface area contributed by atoms with E-state index in [1.165, 1.54) is 11.8 Å². The molecule has 4 aromatic rings. The second kappa shape index (κ2) is 7.37. The number of alkyl halides is 2. The van der Waals surface area contributed by atoms with Crippen molar-refractivity contribution in [1.82, 2.24) is 9.78 Å². The fraction of sp³-hybridized carbons (Fsp3) is 0.136. The van der Waals surface area contributed by atoms with E-state index in [-0.39, 0.29) is 11.1 Å². The van der Waals surface area contributed by atoms with Crippen LogP contribution in [0.15, 0.2) is 83.9 Å². The summed E-state index contributed by atoms with van der Waals surface area (Å²) in [5.74, 6) is 0. The van der Waals surface area contributed by atoms with Crippen molar-refractivity contribution in [1.29, 1.82) is 0 Å². The van der Waals surface area contributed by atoms with E-state index in [0.29, 0.717) is 10.3 Å². The predicted molar refractivity (Wildman–Crippen MR) is 108 cm³/mol. The molecule has 0 saturated heterocycles.